The van der Waals surface area contributed by atoms with Gasteiger partial charge in [-0.25, -0.2) is 0 Å². The first-order valence-corrected chi connectivity index (χ1v) is 7.59. The number of benzene rings is 2. The molecule has 6 heteroatoms. The van der Waals surface area contributed by atoms with Gasteiger partial charge in [0.15, 0.2) is 11.5 Å². The first kappa shape index (κ1) is 15.1. The number of rotatable bonds is 4. The Morgan fingerprint density at radius 1 is 1.20 bits per heavy atom. The van der Waals surface area contributed by atoms with Gasteiger partial charge in [-0.05, 0) is 17.7 Å². The van der Waals surface area contributed by atoms with Crippen LogP contribution in [0.5, 0.6) is 23.0 Å². The third-order valence-electron chi connectivity index (χ3n) is 3.88. The third kappa shape index (κ3) is 2.57. The van der Waals surface area contributed by atoms with Crippen molar-refractivity contribution < 1.29 is 23.7 Å². The fourth-order valence-corrected chi connectivity index (χ4v) is 2.71. The van der Waals surface area contributed by atoms with E-state index in [0.29, 0.717) is 28.4 Å². The molecule has 126 valence electrons. The summed E-state index contributed by atoms with van der Waals surface area (Å²) < 4.78 is 21.5. The van der Waals surface area contributed by atoms with Crippen LogP contribution in [0, 0.1) is 0 Å². The van der Waals surface area contributed by atoms with Gasteiger partial charge >= 0.3 is 0 Å². The highest BCUT2D eigenvalue weighted by atomic mass is 16.7. The van der Waals surface area contributed by atoms with Crippen LogP contribution in [0.4, 0.5) is 0 Å². The second-order valence-electron chi connectivity index (χ2n) is 5.46. The lowest BCUT2D eigenvalue weighted by Crippen LogP contribution is -2.05. The summed E-state index contributed by atoms with van der Waals surface area (Å²) in [7, 11) is 0. The number of aromatic hydroxyl groups is 1. The second-order valence-corrected chi connectivity index (χ2v) is 5.46. The highest BCUT2D eigenvalue weighted by Gasteiger charge is 2.18. The van der Waals surface area contributed by atoms with Crippen molar-refractivity contribution in [1.82, 2.24) is 0 Å². The molecule has 1 aromatic heterocycles. The van der Waals surface area contributed by atoms with Crippen LogP contribution in [0.25, 0.3) is 22.1 Å². The van der Waals surface area contributed by atoms with E-state index in [1.807, 2.05) is 0 Å². The maximum atomic E-state index is 12.8. The van der Waals surface area contributed by atoms with Crippen LogP contribution in [-0.4, -0.2) is 18.5 Å². The molecule has 0 spiro atoms. The van der Waals surface area contributed by atoms with Crippen molar-refractivity contribution in [2.75, 3.05) is 13.4 Å². The molecule has 1 aliphatic heterocycles. The zero-order valence-corrected chi connectivity index (χ0v) is 13.2. The predicted molar refractivity (Wildman–Crippen MR) is 91.4 cm³/mol. The topological polar surface area (TPSA) is 78.1 Å². The van der Waals surface area contributed by atoms with E-state index in [-0.39, 0.29) is 35.5 Å². The van der Waals surface area contributed by atoms with Crippen LogP contribution in [-0.2, 0) is 0 Å². The van der Waals surface area contributed by atoms with Crippen molar-refractivity contribution in [3.63, 3.8) is 0 Å². The number of ether oxygens (including phenoxy) is 3. The van der Waals surface area contributed by atoms with Gasteiger partial charge in [0.25, 0.3) is 0 Å². The average molecular weight is 338 g/mol. The minimum Gasteiger partial charge on any atom is -0.507 e. The molecule has 0 fully saturated rings. The summed E-state index contributed by atoms with van der Waals surface area (Å²) in [6.07, 6.45) is 2.94. The number of fused-ring (bicyclic) bond motifs is 2. The highest BCUT2D eigenvalue weighted by molar-refractivity contribution is 5.88. The Bertz CT molecular complexity index is 1030. The monoisotopic (exact) mass is 338 g/mol. The zero-order valence-electron chi connectivity index (χ0n) is 13.2. The largest absolute Gasteiger partial charge is 0.507 e. The van der Waals surface area contributed by atoms with Crippen molar-refractivity contribution >= 4 is 11.0 Å². The lowest BCUT2D eigenvalue weighted by Gasteiger charge is -2.08. The van der Waals surface area contributed by atoms with E-state index in [4.69, 9.17) is 18.6 Å². The molecular weight excluding hydrogens is 324 g/mol. The number of phenolic OH excluding ortho intramolecular Hbond substituents is 1. The summed E-state index contributed by atoms with van der Waals surface area (Å²) in [4.78, 5) is 12.8. The Morgan fingerprint density at radius 3 is 2.88 bits per heavy atom. The molecule has 0 unspecified atom stereocenters. The van der Waals surface area contributed by atoms with Gasteiger partial charge in [-0.3, -0.25) is 4.79 Å². The van der Waals surface area contributed by atoms with Crippen LogP contribution < -0.4 is 19.6 Å². The van der Waals surface area contributed by atoms with Crippen molar-refractivity contribution in [1.29, 1.82) is 0 Å². The predicted octanol–water partition coefficient (Wildman–Crippen LogP) is 3.46. The molecule has 0 saturated heterocycles. The molecule has 1 aliphatic rings. The maximum absolute atomic E-state index is 12.8. The van der Waals surface area contributed by atoms with Crippen LogP contribution in [0.15, 0.2) is 58.5 Å². The molecule has 0 amide bonds. The Hall–Kier alpha value is -3.41. The van der Waals surface area contributed by atoms with Gasteiger partial charge in [-0.15, -0.1) is 0 Å². The van der Waals surface area contributed by atoms with Crippen molar-refractivity contribution in [2.45, 2.75) is 0 Å². The van der Waals surface area contributed by atoms with E-state index in [1.165, 1.54) is 12.3 Å². The Kier molecular flexibility index (Phi) is 3.57. The quantitative estimate of drug-likeness (QED) is 0.734. The molecule has 0 aliphatic carbocycles. The molecule has 6 nitrogen and oxygen atoms in total. The van der Waals surface area contributed by atoms with Crippen molar-refractivity contribution in [3.05, 3.63) is 59.5 Å². The Labute approximate surface area is 142 Å². The van der Waals surface area contributed by atoms with Crippen LogP contribution in [0.1, 0.15) is 0 Å². The van der Waals surface area contributed by atoms with E-state index in [0.717, 1.165) is 0 Å². The molecule has 4 rings (SSSR count). The molecular formula is C19H14O6. The minimum atomic E-state index is -0.340. The zero-order chi connectivity index (χ0) is 17.4. The lowest BCUT2D eigenvalue weighted by molar-refractivity contribution is 0.174. The third-order valence-corrected chi connectivity index (χ3v) is 3.88. The average Bonchev–Trinajstić information content (AvgIpc) is 3.07. The summed E-state index contributed by atoms with van der Waals surface area (Å²) in [5, 5.41) is 10.3. The highest BCUT2D eigenvalue weighted by Crippen LogP contribution is 2.36. The number of hydrogen-bond acceptors (Lipinski definition) is 6. The second kappa shape index (κ2) is 5.90. The number of hydrogen-bond donors (Lipinski definition) is 1. The molecule has 25 heavy (non-hydrogen) atoms. The summed E-state index contributed by atoms with van der Waals surface area (Å²) in [6.45, 7) is 4.00. The Balaban J connectivity index is 1.84. The van der Waals surface area contributed by atoms with Gasteiger partial charge in [-0.1, -0.05) is 18.7 Å². The lowest BCUT2D eigenvalue weighted by atomic mass is 10.0. The molecule has 0 atom stereocenters. The summed E-state index contributed by atoms with van der Waals surface area (Å²) in [6, 6.07) is 8.12. The van der Waals surface area contributed by atoms with E-state index in [1.54, 1.807) is 30.3 Å². The van der Waals surface area contributed by atoms with Gasteiger partial charge in [0.05, 0.1) is 5.56 Å². The van der Waals surface area contributed by atoms with Gasteiger partial charge in [0.1, 0.15) is 35.3 Å². The SMILES string of the molecule is C=CCOc1cc(O)c2c(=O)c(-c3ccc4c(c3)OCO4)coc2c1. The van der Waals surface area contributed by atoms with E-state index < -0.39 is 0 Å². The van der Waals surface area contributed by atoms with Gasteiger partial charge in [-0.2, -0.15) is 0 Å². The van der Waals surface area contributed by atoms with Crippen LogP contribution in [0.2, 0.25) is 0 Å². The van der Waals surface area contributed by atoms with Crippen LogP contribution >= 0.6 is 0 Å². The van der Waals surface area contributed by atoms with Gasteiger partial charge in [0, 0.05) is 12.1 Å². The molecule has 2 aromatic carbocycles. The smallest absolute Gasteiger partial charge is 0.231 e. The normalized spacial score (nSPS) is 12.3. The first-order chi connectivity index (χ1) is 12.2. The van der Waals surface area contributed by atoms with E-state index in [2.05, 4.69) is 6.58 Å². The molecule has 0 radical (unpaired) electrons. The van der Waals surface area contributed by atoms with Gasteiger partial charge in [0.2, 0.25) is 12.2 Å². The molecule has 0 saturated carbocycles. The fraction of sp³-hybridized carbons (Fsp3) is 0.105. The van der Waals surface area contributed by atoms with Crippen LogP contribution in [0.3, 0.4) is 0 Å². The van der Waals surface area contributed by atoms with Crippen molar-refractivity contribution in [3.8, 4) is 34.1 Å². The van der Waals surface area contributed by atoms with Crippen molar-refractivity contribution in [2.24, 2.45) is 0 Å². The summed E-state index contributed by atoms with van der Waals surface area (Å²) in [5.41, 5.74) is 0.841. The van der Waals surface area contributed by atoms with E-state index >= 15 is 0 Å². The van der Waals surface area contributed by atoms with Gasteiger partial charge < -0.3 is 23.7 Å². The fourth-order valence-electron chi connectivity index (χ4n) is 2.71. The molecule has 0 bridgehead atoms. The maximum Gasteiger partial charge on any atom is 0.231 e. The standard InChI is InChI=1S/C19H14O6/c1-2-5-22-12-7-14(20)18-17(8-12)23-9-13(19(18)21)11-3-4-15-16(6-11)25-10-24-15/h2-4,6-9,20H,1,5,10H2. The Morgan fingerprint density at radius 2 is 2.04 bits per heavy atom. The molecule has 2 heterocycles. The molecule has 1 N–H and O–H groups in total. The first-order valence-electron chi connectivity index (χ1n) is 7.59. The number of phenols is 1. The molecule has 3 aromatic rings. The minimum absolute atomic E-state index is 0.0983. The summed E-state index contributed by atoms with van der Waals surface area (Å²) in [5.74, 6) is 1.38. The van der Waals surface area contributed by atoms with E-state index in [9.17, 15) is 9.90 Å². The summed E-state index contributed by atoms with van der Waals surface area (Å²) >= 11 is 0.